The van der Waals surface area contributed by atoms with Gasteiger partial charge in [-0.25, -0.2) is 9.79 Å². The Hall–Kier alpha value is -4.43. The maximum Gasteiger partial charge on any atom is 0.338 e. The van der Waals surface area contributed by atoms with Gasteiger partial charge in [0.05, 0.1) is 36.1 Å². The molecule has 1 atom stereocenters. The number of ether oxygens (including phenoxy) is 3. The highest BCUT2D eigenvalue weighted by molar-refractivity contribution is 7.07. The number of allylic oxidation sites excluding steroid dienone is 1. The SMILES string of the molecule is CCC1=C(C(=O)OC)[C@@H](c2ccccc2)n2c(s/c(=C\c3ccc(OCc4ccccc4)c(OC)c3)c2=O)=N1. The van der Waals surface area contributed by atoms with Crippen LogP contribution >= 0.6 is 11.3 Å². The molecule has 2 heterocycles. The Morgan fingerprint density at radius 2 is 1.72 bits per heavy atom. The van der Waals surface area contributed by atoms with Crippen LogP contribution in [0.2, 0.25) is 0 Å². The van der Waals surface area contributed by atoms with Crippen molar-refractivity contribution in [2.75, 3.05) is 14.2 Å². The quantitative estimate of drug-likeness (QED) is 0.310. The van der Waals surface area contributed by atoms with Gasteiger partial charge in [-0.1, -0.05) is 85.0 Å². The Bertz CT molecular complexity index is 1710. The van der Waals surface area contributed by atoms with Crippen LogP contribution in [0.1, 0.15) is 36.1 Å². The van der Waals surface area contributed by atoms with Gasteiger partial charge in [0.2, 0.25) is 0 Å². The number of hydrogen-bond acceptors (Lipinski definition) is 7. The fourth-order valence-corrected chi connectivity index (χ4v) is 5.61. The van der Waals surface area contributed by atoms with Crippen molar-refractivity contribution in [3.63, 3.8) is 0 Å². The lowest BCUT2D eigenvalue weighted by molar-refractivity contribution is -0.136. The second-order valence-electron chi connectivity index (χ2n) is 8.88. The van der Waals surface area contributed by atoms with Crippen LogP contribution in [0.3, 0.4) is 0 Å². The van der Waals surface area contributed by atoms with E-state index in [-0.39, 0.29) is 5.56 Å². The van der Waals surface area contributed by atoms with Crippen molar-refractivity contribution in [3.05, 3.63) is 127 Å². The lowest BCUT2D eigenvalue weighted by Crippen LogP contribution is -2.40. The molecule has 0 amide bonds. The molecule has 7 nitrogen and oxygen atoms in total. The maximum absolute atomic E-state index is 13.8. The summed E-state index contributed by atoms with van der Waals surface area (Å²) in [5.41, 5.74) is 3.41. The second-order valence-corrected chi connectivity index (χ2v) is 9.89. The fourth-order valence-electron chi connectivity index (χ4n) is 4.59. The van der Waals surface area contributed by atoms with E-state index in [9.17, 15) is 9.59 Å². The van der Waals surface area contributed by atoms with Gasteiger partial charge >= 0.3 is 5.97 Å². The third-order valence-corrected chi connectivity index (χ3v) is 7.47. The summed E-state index contributed by atoms with van der Waals surface area (Å²) in [6.45, 7) is 2.35. The monoisotopic (exact) mass is 540 g/mol. The molecule has 4 aromatic rings. The first kappa shape index (κ1) is 26.2. The summed E-state index contributed by atoms with van der Waals surface area (Å²) in [7, 11) is 2.93. The average Bonchev–Trinajstić information content (AvgIpc) is 3.29. The van der Waals surface area contributed by atoms with E-state index < -0.39 is 12.0 Å². The van der Waals surface area contributed by atoms with Crippen molar-refractivity contribution in [2.45, 2.75) is 26.0 Å². The van der Waals surface area contributed by atoms with Gasteiger partial charge in [0.1, 0.15) is 6.61 Å². The topological polar surface area (TPSA) is 79.1 Å². The molecule has 0 saturated carbocycles. The lowest BCUT2D eigenvalue weighted by atomic mass is 9.95. The smallest absolute Gasteiger partial charge is 0.338 e. The van der Waals surface area contributed by atoms with Crippen LogP contribution in [0.15, 0.2) is 99.9 Å². The van der Waals surface area contributed by atoms with E-state index in [1.54, 1.807) is 11.7 Å². The predicted octanol–water partition coefficient (Wildman–Crippen LogP) is 4.39. The number of rotatable bonds is 8. The fraction of sp³-hybridized carbons (Fsp3) is 0.194. The van der Waals surface area contributed by atoms with Crippen molar-refractivity contribution in [1.29, 1.82) is 0 Å². The molecule has 198 valence electrons. The number of fused-ring (bicyclic) bond motifs is 1. The van der Waals surface area contributed by atoms with Gasteiger partial charge in [-0.3, -0.25) is 9.36 Å². The third kappa shape index (κ3) is 5.28. The third-order valence-electron chi connectivity index (χ3n) is 6.49. The summed E-state index contributed by atoms with van der Waals surface area (Å²) in [6.07, 6.45) is 2.34. The highest BCUT2D eigenvalue weighted by Crippen LogP contribution is 2.32. The van der Waals surface area contributed by atoms with Crippen LogP contribution in [0.5, 0.6) is 11.5 Å². The number of esters is 1. The first-order valence-electron chi connectivity index (χ1n) is 12.6. The largest absolute Gasteiger partial charge is 0.493 e. The highest BCUT2D eigenvalue weighted by atomic mass is 32.1. The van der Waals surface area contributed by atoms with Gasteiger partial charge in [-0.15, -0.1) is 0 Å². The van der Waals surface area contributed by atoms with Gasteiger partial charge in [-0.2, -0.15) is 0 Å². The Balaban J connectivity index is 1.57. The number of aromatic nitrogens is 1. The van der Waals surface area contributed by atoms with Crippen LogP contribution < -0.4 is 24.4 Å². The van der Waals surface area contributed by atoms with E-state index in [0.717, 1.165) is 16.7 Å². The van der Waals surface area contributed by atoms with Crippen molar-refractivity contribution in [3.8, 4) is 11.5 Å². The lowest BCUT2D eigenvalue weighted by Gasteiger charge is -2.25. The predicted molar refractivity (Wildman–Crippen MR) is 151 cm³/mol. The molecular weight excluding hydrogens is 512 g/mol. The average molecular weight is 541 g/mol. The summed E-state index contributed by atoms with van der Waals surface area (Å²) in [5, 5.41) is 0. The summed E-state index contributed by atoms with van der Waals surface area (Å²) in [5.74, 6) is 0.685. The number of methoxy groups -OCH3 is 2. The summed E-state index contributed by atoms with van der Waals surface area (Å²) < 4.78 is 18.8. The Morgan fingerprint density at radius 1 is 1.00 bits per heavy atom. The van der Waals surface area contributed by atoms with Crippen LogP contribution in [-0.4, -0.2) is 24.8 Å². The van der Waals surface area contributed by atoms with Crippen molar-refractivity contribution in [1.82, 2.24) is 4.57 Å². The molecular formula is C31H28N2O5S. The minimum atomic E-state index is -0.629. The maximum atomic E-state index is 13.8. The van der Waals surface area contributed by atoms with E-state index in [0.29, 0.717) is 45.1 Å². The zero-order valence-electron chi connectivity index (χ0n) is 21.9. The van der Waals surface area contributed by atoms with Gasteiger partial charge in [0, 0.05) is 0 Å². The normalized spacial score (nSPS) is 14.9. The standard InChI is InChI=1S/C31H28N2O5S/c1-4-23-27(30(35)37-3)28(22-13-9-6-10-14-22)33-29(34)26(39-31(33)32-23)18-21-15-16-24(25(17-21)36-2)38-19-20-11-7-5-8-12-20/h5-18,28H,4,19H2,1-3H3/b26-18-/t28-/m1/s1. The molecule has 39 heavy (non-hydrogen) atoms. The van der Waals surface area contributed by atoms with Crippen LogP contribution in [0, 0.1) is 0 Å². The molecule has 0 fully saturated rings. The Morgan fingerprint density at radius 3 is 2.38 bits per heavy atom. The van der Waals surface area contributed by atoms with Crippen LogP contribution in [0.25, 0.3) is 6.08 Å². The van der Waals surface area contributed by atoms with Crippen LogP contribution in [-0.2, 0) is 16.1 Å². The summed E-state index contributed by atoms with van der Waals surface area (Å²) >= 11 is 1.29. The summed E-state index contributed by atoms with van der Waals surface area (Å²) in [6, 6.07) is 24.3. The van der Waals surface area contributed by atoms with Crippen molar-refractivity contribution < 1.29 is 19.0 Å². The Kier molecular flexibility index (Phi) is 7.74. The zero-order chi connectivity index (χ0) is 27.4. The molecule has 0 radical (unpaired) electrons. The summed E-state index contributed by atoms with van der Waals surface area (Å²) in [4.78, 5) is 31.9. The molecule has 0 unspecified atom stereocenters. The molecule has 1 aliphatic heterocycles. The highest BCUT2D eigenvalue weighted by Gasteiger charge is 2.33. The molecule has 0 spiro atoms. The van der Waals surface area contributed by atoms with Crippen molar-refractivity contribution in [2.24, 2.45) is 4.99 Å². The molecule has 1 aromatic heterocycles. The minimum absolute atomic E-state index is 0.229. The van der Waals surface area contributed by atoms with E-state index in [1.165, 1.54) is 18.4 Å². The van der Waals surface area contributed by atoms with E-state index >= 15 is 0 Å². The van der Waals surface area contributed by atoms with Gasteiger partial charge in [0.25, 0.3) is 5.56 Å². The Labute approximate surface area is 229 Å². The molecule has 0 aliphatic carbocycles. The van der Waals surface area contributed by atoms with E-state index in [2.05, 4.69) is 0 Å². The first-order valence-corrected chi connectivity index (χ1v) is 13.4. The van der Waals surface area contributed by atoms with Crippen molar-refractivity contribution >= 4 is 23.4 Å². The number of thiazole rings is 1. The molecule has 0 saturated heterocycles. The number of carbonyl (C=O) groups is 1. The first-order chi connectivity index (χ1) is 19.0. The molecule has 3 aromatic carbocycles. The van der Waals surface area contributed by atoms with E-state index in [1.807, 2.05) is 91.9 Å². The van der Waals surface area contributed by atoms with Crippen LogP contribution in [0.4, 0.5) is 0 Å². The number of nitrogens with zero attached hydrogens (tertiary/aromatic N) is 2. The van der Waals surface area contributed by atoms with Gasteiger partial charge in [-0.05, 0) is 41.3 Å². The van der Waals surface area contributed by atoms with Gasteiger partial charge in [0.15, 0.2) is 16.3 Å². The molecule has 0 bridgehead atoms. The van der Waals surface area contributed by atoms with E-state index in [4.69, 9.17) is 19.2 Å². The number of carbonyl (C=O) groups excluding carboxylic acids is 1. The molecule has 8 heteroatoms. The van der Waals surface area contributed by atoms with Gasteiger partial charge < -0.3 is 14.2 Å². The molecule has 1 aliphatic rings. The molecule has 5 rings (SSSR count). The number of benzene rings is 3. The second kappa shape index (κ2) is 11.5. The zero-order valence-corrected chi connectivity index (χ0v) is 22.7. The molecule has 0 N–H and O–H groups in total. The minimum Gasteiger partial charge on any atom is -0.493 e. The number of hydrogen-bond donors (Lipinski definition) is 0.